The van der Waals surface area contributed by atoms with E-state index in [1.807, 2.05) is 13.8 Å². The van der Waals surface area contributed by atoms with Gasteiger partial charge in [0.15, 0.2) is 0 Å². The highest BCUT2D eigenvalue weighted by Gasteiger charge is 2.17. The second-order valence-electron chi connectivity index (χ2n) is 4.23. The molecule has 1 atom stereocenters. The van der Waals surface area contributed by atoms with Crippen LogP contribution in [-0.2, 0) is 19.0 Å². The molecule has 0 saturated carbocycles. The molecule has 1 unspecified atom stereocenters. The first-order valence-corrected chi connectivity index (χ1v) is 7.31. The summed E-state index contributed by atoms with van der Waals surface area (Å²) in [7, 11) is 0. The minimum Gasteiger partial charge on any atom is -0.465 e. The molecule has 0 radical (unpaired) electrons. The molecule has 0 aliphatic rings. The summed E-state index contributed by atoms with van der Waals surface area (Å²) in [5.41, 5.74) is 0. The van der Waals surface area contributed by atoms with E-state index in [1.165, 1.54) is 0 Å². The number of rotatable bonds is 13. The number of nitrogens with one attached hydrogen (secondary N) is 1. The molecule has 0 aliphatic carbocycles. The normalized spacial score (nSPS) is 12.4. The van der Waals surface area contributed by atoms with Crippen LogP contribution in [-0.4, -0.2) is 51.6 Å². The van der Waals surface area contributed by atoms with Gasteiger partial charge in [0, 0.05) is 13.2 Å². The summed E-state index contributed by atoms with van der Waals surface area (Å²) in [4.78, 5) is 11.6. The molecule has 0 saturated heterocycles. The molecular formula is C14H29NO4. The number of hydrogen-bond donors (Lipinski definition) is 1. The lowest BCUT2D eigenvalue weighted by Gasteiger charge is -2.16. The fraction of sp³-hybridized carbons (Fsp3) is 0.929. The molecule has 0 aromatic rings. The summed E-state index contributed by atoms with van der Waals surface area (Å²) in [6.45, 7) is 9.58. The van der Waals surface area contributed by atoms with Crippen LogP contribution < -0.4 is 5.32 Å². The summed E-state index contributed by atoms with van der Waals surface area (Å²) in [6.07, 6.45) is 2.86. The minimum atomic E-state index is -0.272. The molecule has 0 aromatic heterocycles. The molecule has 1 N–H and O–H groups in total. The Labute approximate surface area is 117 Å². The Bertz CT molecular complexity index is 212. The molecule has 5 nitrogen and oxygen atoms in total. The molecule has 0 aliphatic heterocycles. The van der Waals surface area contributed by atoms with Crippen LogP contribution in [0, 0.1) is 0 Å². The quantitative estimate of drug-likeness (QED) is 0.410. The third-order valence-corrected chi connectivity index (χ3v) is 2.59. The number of carbonyl (C=O) groups excluding carboxylic acids is 1. The highest BCUT2D eigenvalue weighted by atomic mass is 16.5. The lowest BCUT2D eigenvalue weighted by atomic mass is 10.2. The van der Waals surface area contributed by atoms with Gasteiger partial charge in [0.05, 0.1) is 19.8 Å². The first kappa shape index (κ1) is 18.4. The fourth-order valence-corrected chi connectivity index (χ4v) is 1.56. The van der Waals surface area contributed by atoms with Gasteiger partial charge in [-0.1, -0.05) is 20.3 Å². The van der Waals surface area contributed by atoms with Crippen LogP contribution in [0.2, 0.25) is 0 Å². The van der Waals surface area contributed by atoms with Crippen molar-refractivity contribution in [3.8, 4) is 0 Å². The molecule has 0 spiro atoms. The van der Waals surface area contributed by atoms with Crippen LogP contribution in [0.4, 0.5) is 0 Å². The van der Waals surface area contributed by atoms with E-state index in [0.29, 0.717) is 32.8 Å². The predicted octanol–water partition coefficient (Wildman–Crippen LogP) is 1.75. The third-order valence-electron chi connectivity index (χ3n) is 2.59. The highest BCUT2D eigenvalue weighted by molar-refractivity contribution is 5.75. The monoisotopic (exact) mass is 275 g/mol. The van der Waals surface area contributed by atoms with Crippen molar-refractivity contribution in [1.82, 2.24) is 5.32 Å². The summed E-state index contributed by atoms with van der Waals surface area (Å²) < 4.78 is 15.8. The van der Waals surface area contributed by atoms with Crippen molar-refractivity contribution in [3.63, 3.8) is 0 Å². The van der Waals surface area contributed by atoms with E-state index >= 15 is 0 Å². The van der Waals surface area contributed by atoms with Gasteiger partial charge in [0.25, 0.3) is 0 Å². The fourth-order valence-electron chi connectivity index (χ4n) is 1.56. The van der Waals surface area contributed by atoms with Crippen molar-refractivity contribution < 1.29 is 19.0 Å². The van der Waals surface area contributed by atoms with Gasteiger partial charge in [0.1, 0.15) is 6.04 Å². The summed E-state index contributed by atoms with van der Waals surface area (Å²) >= 11 is 0. The highest BCUT2D eigenvalue weighted by Crippen LogP contribution is 1.97. The van der Waals surface area contributed by atoms with E-state index in [4.69, 9.17) is 14.2 Å². The van der Waals surface area contributed by atoms with Crippen LogP contribution in [0.3, 0.4) is 0 Å². The molecule has 19 heavy (non-hydrogen) atoms. The first-order valence-electron chi connectivity index (χ1n) is 7.31. The Kier molecular flexibility index (Phi) is 13.3. The average molecular weight is 275 g/mol. The molecule has 0 heterocycles. The lowest BCUT2D eigenvalue weighted by molar-refractivity contribution is -0.146. The van der Waals surface area contributed by atoms with E-state index in [0.717, 1.165) is 26.0 Å². The van der Waals surface area contributed by atoms with Gasteiger partial charge in [-0.05, 0) is 26.3 Å². The Balaban J connectivity index is 3.55. The summed E-state index contributed by atoms with van der Waals surface area (Å²) in [6, 6.07) is -0.272. The van der Waals surface area contributed by atoms with Crippen LogP contribution in [0.1, 0.15) is 40.0 Å². The van der Waals surface area contributed by atoms with Crippen LogP contribution >= 0.6 is 0 Å². The topological polar surface area (TPSA) is 56.8 Å². The third kappa shape index (κ3) is 10.9. The zero-order valence-electron chi connectivity index (χ0n) is 12.6. The van der Waals surface area contributed by atoms with Gasteiger partial charge in [-0.3, -0.25) is 4.79 Å². The molecule has 114 valence electrons. The Morgan fingerprint density at radius 3 is 2.32 bits per heavy atom. The van der Waals surface area contributed by atoms with Crippen molar-refractivity contribution in [2.24, 2.45) is 0 Å². The standard InChI is InChI=1S/C14H29NO4/c1-4-7-9-17-11-12-18-10-8-13(15-5-2)14(16)19-6-3/h13,15H,4-12H2,1-3H3. The van der Waals surface area contributed by atoms with E-state index in [1.54, 1.807) is 0 Å². The number of esters is 1. The van der Waals surface area contributed by atoms with Crippen LogP contribution in [0.15, 0.2) is 0 Å². The van der Waals surface area contributed by atoms with Gasteiger partial charge in [-0.15, -0.1) is 0 Å². The number of carbonyl (C=O) groups is 1. The van der Waals surface area contributed by atoms with Crippen molar-refractivity contribution in [2.75, 3.05) is 39.6 Å². The van der Waals surface area contributed by atoms with Gasteiger partial charge in [-0.2, -0.15) is 0 Å². The Morgan fingerprint density at radius 2 is 1.74 bits per heavy atom. The smallest absolute Gasteiger partial charge is 0.323 e. The largest absolute Gasteiger partial charge is 0.465 e. The van der Waals surface area contributed by atoms with E-state index in [-0.39, 0.29) is 12.0 Å². The second-order valence-corrected chi connectivity index (χ2v) is 4.23. The zero-order chi connectivity index (χ0) is 14.3. The maximum atomic E-state index is 11.6. The van der Waals surface area contributed by atoms with E-state index < -0.39 is 0 Å². The summed E-state index contributed by atoms with van der Waals surface area (Å²) in [5.74, 6) is -0.202. The van der Waals surface area contributed by atoms with Crippen molar-refractivity contribution in [2.45, 2.75) is 46.1 Å². The molecular weight excluding hydrogens is 246 g/mol. The average Bonchev–Trinajstić information content (AvgIpc) is 2.40. The molecule has 0 aromatic carbocycles. The number of likely N-dealkylation sites (N-methyl/N-ethyl adjacent to an activating group) is 1. The minimum absolute atomic E-state index is 0.202. The summed E-state index contributed by atoms with van der Waals surface area (Å²) in [5, 5.41) is 3.10. The molecule has 0 bridgehead atoms. The Morgan fingerprint density at radius 1 is 1.05 bits per heavy atom. The van der Waals surface area contributed by atoms with Crippen LogP contribution in [0.25, 0.3) is 0 Å². The van der Waals surface area contributed by atoms with Crippen molar-refractivity contribution in [1.29, 1.82) is 0 Å². The number of ether oxygens (including phenoxy) is 3. The van der Waals surface area contributed by atoms with E-state index in [2.05, 4.69) is 12.2 Å². The molecule has 0 rings (SSSR count). The maximum absolute atomic E-state index is 11.6. The van der Waals surface area contributed by atoms with Gasteiger partial charge in [-0.25, -0.2) is 0 Å². The van der Waals surface area contributed by atoms with Crippen LogP contribution in [0.5, 0.6) is 0 Å². The van der Waals surface area contributed by atoms with Gasteiger partial charge < -0.3 is 19.5 Å². The number of hydrogen-bond acceptors (Lipinski definition) is 5. The predicted molar refractivity (Wildman–Crippen MR) is 75.3 cm³/mol. The van der Waals surface area contributed by atoms with Gasteiger partial charge >= 0.3 is 5.97 Å². The van der Waals surface area contributed by atoms with Gasteiger partial charge in [0.2, 0.25) is 0 Å². The Hall–Kier alpha value is -0.650. The SMILES string of the molecule is CCCCOCCOCCC(NCC)C(=O)OCC. The van der Waals surface area contributed by atoms with E-state index in [9.17, 15) is 4.79 Å². The van der Waals surface area contributed by atoms with Crippen molar-refractivity contribution in [3.05, 3.63) is 0 Å². The van der Waals surface area contributed by atoms with Crippen molar-refractivity contribution >= 4 is 5.97 Å². The molecule has 0 amide bonds. The zero-order valence-corrected chi connectivity index (χ0v) is 12.6. The first-order chi connectivity index (χ1) is 9.26. The second kappa shape index (κ2) is 13.8. The lowest BCUT2D eigenvalue weighted by Crippen LogP contribution is -2.39. The maximum Gasteiger partial charge on any atom is 0.323 e. The molecule has 0 fully saturated rings. The molecule has 5 heteroatoms. The number of unbranched alkanes of at least 4 members (excludes halogenated alkanes) is 1.